The zero-order chi connectivity index (χ0) is 77.6. The van der Waals surface area contributed by atoms with Gasteiger partial charge in [-0.1, -0.05) is 211 Å². The minimum absolute atomic E-state index is 0.202. The summed E-state index contributed by atoms with van der Waals surface area (Å²) in [5.41, 5.74) is 3.48. The Hall–Kier alpha value is -7.94. The second-order valence-corrected chi connectivity index (χ2v) is 31.7. The lowest BCUT2D eigenvalue weighted by Crippen LogP contribution is -2.46. The number of nitrogens with zero attached hydrogens (tertiary/aromatic N) is 6. The number of ether oxygens (including phenoxy) is 6. The number of thiophene rings is 2. The second kappa shape index (κ2) is 51.7. The smallest absolute Gasteiger partial charge is 0.494 e. The second-order valence-electron chi connectivity index (χ2n) is 29.9. The molecule has 19 heteroatoms. The summed E-state index contributed by atoms with van der Waals surface area (Å²) in [7, 11) is 0. The molecule has 0 radical (unpaired) electrons. The monoisotopic (exact) mass is 1560 g/mol. The summed E-state index contributed by atoms with van der Waals surface area (Å²) >= 11 is 3.60. The van der Waals surface area contributed by atoms with E-state index in [2.05, 4.69) is 92.7 Å². The molecule has 6 heterocycles. The molecular weight excluding hydrogens is 1430 g/mol. The van der Waals surface area contributed by atoms with Gasteiger partial charge in [0.15, 0.2) is 13.5 Å². The van der Waals surface area contributed by atoms with E-state index in [1.165, 1.54) is 207 Å². The number of pyridine rings is 2. The van der Waals surface area contributed by atoms with Crippen molar-refractivity contribution in [2.45, 2.75) is 233 Å². The van der Waals surface area contributed by atoms with Gasteiger partial charge in [0, 0.05) is 115 Å². The normalized spacial score (nSPS) is 13.3. The number of hydrogen-bond donors (Lipinski definition) is 1. The summed E-state index contributed by atoms with van der Waals surface area (Å²) in [4.78, 5) is 59.9. The van der Waals surface area contributed by atoms with Crippen LogP contribution in [0.5, 0.6) is 17.2 Å². The number of aliphatic hydroxyl groups is 1. The number of aromatic nitrogens is 2. The number of carbonyl (C=O) groups excluding carboxylic acids is 2. The van der Waals surface area contributed by atoms with Gasteiger partial charge in [-0.25, -0.2) is 9.59 Å². The Labute approximate surface area is 669 Å². The molecule has 5 aromatic carbocycles. The average Bonchev–Trinajstić information content (AvgIpc) is 1.66. The maximum Gasteiger partial charge on any atom is 0.515 e. The molecule has 9 aromatic rings. The Kier molecular flexibility index (Phi) is 40.5. The Balaban J connectivity index is 0.000000214. The van der Waals surface area contributed by atoms with Gasteiger partial charge >= 0.3 is 12.3 Å². The van der Waals surface area contributed by atoms with E-state index < -0.39 is 12.3 Å². The van der Waals surface area contributed by atoms with Crippen LogP contribution in [0.15, 0.2) is 160 Å². The molecule has 0 spiro atoms. The van der Waals surface area contributed by atoms with Gasteiger partial charge in [-0.2, -0.15) is 0 Å². The fourth-order valence-corrected chi connectivity index (χ4v) is 16.4. The van der Waals surface area contributed by atoms with E-state index in [1.807, 2.05) is 42.5 Å². The SMILES string of the molecule is CCCCCCCCCCCCCCCCO.CCCCCCCCCCCCCCCCOC(=O)OCn1c(=O)ccc2ccc(OCCCCN3CCN(c4cccc5sccc45)CC3)cc21.O=C(OCn1c(=O)ccc2ccc(OCCCCN3CCN(c4cccc5sccc45)CC3)cc21)Oc1ccccc1. The summed E-state index contributed by atoms with van der Waals surface area (Å²) in [6.45, 7) is 16.5. The third kappa shape index (κ3) is 31.2. The van der Waals surface area contributed by atoms with Gasteiger partial charge in [0.25, 0.3) is 11.1 Å². The summed E-state index contributed by atoms with van der Waals surface area (Å²) < 4.78 is 38.7. The van der Waals surface area contributed by atoms with Gasteiger partial charge in [0.1, 0.15) is 17.2 Å². The number of carbonyl (C=O) groups is 2. The van der Waals surface area contributed by atoms with Crippen molar-refractivity contribution >= 4 is 88.3 Å². The van der Waals surface area contributed by atoms with Crippen LogP contribution in [0.1, 0.15) is 219 Å². The Bertz CT molecular complexity index is 4170. The van der Waals surface area contributed by atoms with Crippen molar-refractivity contribution < 1.29 is 43.1 Å². The first kappa shape index (κ1) is 87.0. The predicted octanol–water partition coefficient (Wildman–Crippen LogP) is 22.6. The van der Waals surface area contributed by atoms with Gasteiger partial charge in [-0.15, -0.1) is 22.7 Å². The van der Waals surface area contributed by atoms with Crippen molar-refractivity contribution in [3.05, 3.63) is 171 Å². The quantitative estimate of drug-likeness (QED) is 0.0217. The molecular formula is C92H128N6O11S2. The van der Waals surface area contributed by atoms with Gasteiger partial charge in [-0.3, -0.25) is 28.5 Å². The Morgan fingerprint density at radius 2 is 0.757 bits per heavy atom. The highest BCUT2D eigenvalue weighted by Crippen LogP contribution is 2.33. The highest BCUT2D eigenvalue weighted by Gasteiger charge is 2.21. The maximum atomic E-state index is 12.7. The zero-order valence-electron chi connectivity index (χ0n) is 66.9. The molecule has 0 atom stereocenters. The molecule has 0 saturated carbocycles. The number of hydrogen-bond acceptors (Lipinski definition) is 17. The molecule has 2 aliphatic rings. The molecule has 111 heavy (non-hydrogen) atoms. The van der Waals surface area contributed by atoms with Crippen LogP contribution in [0.25, 0.3) is 42.0 Å². The summed E-state index contributed by atoms with van der Waals surface area (Å²) in [6.07, 6.45) is 39.5. The van der Waals surface area contributed by atoms with E-state index in [0.29, 0.717) is 54.7 Å². The Morgan fingerprint density at radius 3 is 1.18 bits per heavy atom. The molecule has 0 amide bonds. The van der Waals surface area contributed by atoms with E-state index >= 15 is 0 Å². The van der Waals surface area contributed by atoms with Gasteiger partial charge in [0.05, 0.1) is 30.9 Å². The molecule has 2 fully saturated rings. The van der Waals surface area contributed by atoms with Crippen LogP contribution in [0.2, 0.25) is 0 Å². The number of aliphatic hydroxyl groups excluding tert-OH is 1. The minimum Gasteiger partial charge on any atom is -0.494 e. The molecule has 0 unspecified atom stereocenters. The van der Waals surface area contributed by atoms with Crippen LogP contribution >= 0.6 is 22.7 Å². The van der Waals surface area contributed by atoms with Gasteiger partial charge < -0.3 is 43.3 Å². The van der Waals surface area contributed by atoms with Crippen molar-refractivity contribution in [1.29, 1.82) is 0 Å². The van der Waals surface area contributed by atoms with Crippen LogP contribution in [0.3, 0.4) is 0 Å². The van der Waals surface area contributed by atoms with Crippen LogP contribution in [0, 0.1) is 0 Å². The van der Waals surface area contributed by atoms with E-state index in [9.17, 15) is 19.2 Å². The lowest BCUT2D eigenvalue weighted by Gasteiger charge is -2.36. The summed E-state index contributed by atoms with van der Waals surface area (Å²) in [6, 6.07) is 44.1. The summed E-state index contributed by atoms with van der Waals surface area (Å²) in [5, 5.41) is 17.4. The van der Waals surface area contributed by atoms with Crippen molar-refractivity contribution in [3.63, 3.8) is 0 Å². The number of para-hydroxylation sites is 1. The molecule has 2 saturated heterocycles. The molecule has 11 rings (SSSR count). The van der Waals surface area contributed by atoms with Crippen LogP contribution in [0.4, 0.5) is 21.0 Å². The third-order valence-electron chi connectivity index (χ3n) is 21.4. The maximum absolute atomic E-state index is 12.7. The number of anilines is 2. The van der Waals surface area contributed by atoms with E-state index in [-0.39, 0.29) is 24.6 Å². The molecule has 0 aliphatic carbocycles. The van der Waals surface area contributed by atoms with Crippen molar-refractivity contribution in [1.82, 2.24) is 18.9 Å². The minimum atomic E-state index is -0.876. The van der Waals surface area contributed by atoms with E-state index in [0.717, 1.165) is 128 Å². The highest BCUT2D eigenvalue weighted by atomic mass is 32.1. The van der Waals surface area contributed by atoms with Crippen LogP contribution < -0.4 is 35.1 Å². The van der Waals surface area contributed by atoms with E-state index in [4.69, 9.17) is 33.5 Å². The average molecular weight is 1560 g/mol. The van der Waals surface area contributed by atoms with Crippen molar-refractivity contribution in [3.8, 4) is 17.2 Å². The molecule has 1 N–H and O–H groups in total. The molecule has 2 aliphatic heterocycles. The lowest BCUT2D eigenvalue weighted by atomic mass is 10.0. The number of fused-ring (bicyclic) bond motifs is 4. The first-order valence-corrected chi connectivity index (χ1v) is 44.1. The third-order valence-corrected chi connectivity index (χ3v) is 23.1. The van der Waals surface area contributed by atoms with E-state index in [1.54, 1.807) is 59.1 Å². The predicted molar refractivity (Wildman–Crippen MR) is 461 cm³/mol. The van der Waals surface area contributed by atoms with Gasteiger partial charge in [-0.05, 0) is 158 Å². The first-order chi connectivity index (χ1) is 54.7. The molecule has 4 aromatic heterocycles. The number of unbranched alkanes of at least 4 members (excludes halogenated alkanes) is 28. The number of benzene rings is 5. The Morgan fingerprint density at radius 1 is 0.369 bits per heavy atom. The van der Waals surface area contributed by atoms with Crippen molar-refractivity contribution in [2.75, 3.05) is 102 Å². The number of piperazine rings is 2. The van der Waals surface area contributed by atoms with Crippen LogP contribution in [-0.4, -0.2) is 128 Å². The lowest BCUT2D eigenvalue weighted by molar-refractivity contribution is 0.0331. The standard InChI is InChI=1S/C43H61N3O5S.C33H33N3O5S.C16H34O/c1-2-3-4-5-6-7-8-9-10-11-12-13-14-16-32-50-43(48)51-35-46-40-34-37(23-21-36(40)22-24-42(46)47)49-31-17-15-26-44-27-29-45(30-28-44)39-19-18-20-41-38(39)25-33-52-41;37-32-14-12-25-11-13-27(23-30(25)36(32)24-40-33(38)41-26-7-2-1-3-8-26)39-21-5-4-16-34-17-19-35(20-18-34)29-9-6-10-31-28(29)15-22-42-31;1-2-3-4-5-6-7-8-9-10-11-12-13-14-15-16-17/h18-25,33-34H,2-17,26-32,35H2,1H3;1-3,6-15,22-23H,4-5,16-21,24H2;17H,2-16H2,1H3. The molecule has 0 bridgehead atoms. The van der Waals surface area contributed by atoms with Crippen molar-refractivity contribution in [2.24, 2.45) is 0 Å². The van der Waals surface area contributed by atoms with Gasteiger partial charge in [0.2, 0.25) is 0 Å². The highest BCUT2D eigenvalue weighted by molar-refractivity contribution is 7.17. The largest absolute Gasteiger partial charge is 0.515 e. The fraction of sp³-hybridized carbons (Fsp3) is 0.543. The zero-order valence-corrected chi connectivity index (χ0v) is 68.5. The number of rotatable bonds is 48. The van der Waals surface area contributed by atoms with Crippen LogP contribution in [-0.2, 0) is 27.7 Å². The molecule has 604 valence electrons. The fourth-order valence-electron chi connectivity index (χ4n) is 14.8. The topological polar surface area (TPSA) is 167 Å². The first-order valence-electron chi connectivity index (χ1n) is 42.4. The molecule has 17 nitrogen and oxygen atoms in total. The summed E-state index contributed by atoms with van der Waals surface area (Å²) in [5.74, 6) is 1.74.